The molecule has 32 heteroatoms. The molecule has 0 saturated heterocycles. The zero-order chi connectivity index (χ0) is 105. The summed E-state index contributed by atoms with van der Waals surface area (Å²) in [4.78, 5) is 91.1. The first kappa shape index (κ1) is 117. The lowest BCUT2D eigenvalue weighted by Crippen LogP contribution is -2.26. The number of carbonyl (C=O) groups is 8. The van der Waals surface area contributed by atoms with E-state index in [2.05, 4.69) is 78.0 Å². The third-order valence-corrected chi connectivity index (χ3v) is 22.5. The molecule has 8 unspecified atom stereocenters. The van der Waals surface area contributed by atoms with E-state index in [0.717, 1.165) is 82.6 Å². The van der Waals surface area contributed by atoms with Crippen LogP contribution in [0.3, 0.4) is 0 Å². The second-order valence-corrected chi connectivity index (χ2v) is 35.0. The molecule has 10 aromatic carbocycles. The highest BCUT2D eigenvalue weighted by Crippen LogP contribution is 2.41. The van der Waals surface area contributed by atoms with Gasteiger partial charge in [0.1, 0.15) is 150 Å². The quantitative estimate of drug-likeness (QED) is 0.00997. The fourth-order valence-electron chi connectivity index (χ4n) is 14.2. The molecule has 144 heavy (non-hydrogen) atoms. The third-order valence-electron chi connectivity index (χ3n) is 22.5. The zero-order valence-electron chi connectivity index (χ0n) is 84.0. The van der Waals surface area contributed by atoms with Gasteiger partial charge < -0.3 is 117 Å². The number of methoxy groups -OCH3 is 4. The van der Waals surface area contributed by atoms with E-state index in [4.69, 9.17) is 56.8 Å². The normalized spacial score (nSPS) is 12.8. The number of hydrogen-bond acceptors (Lipinski definition) is 32. The summed E-state index contributed by atoms with van der Waals surface area (Å²) in [5, 5.41) is 85.0. The van der Waals surface area contributed by atoms with Crippen LogP contribution in [-0.2, 0) is 106 Å². The fraction of sp³-hybridized carbons (Fsp3) is 0.411. The van der Waals surface area contributed by atoms with Crippen molar-refractivity contribution >= 4 is 80.1 Å². The molecular weight excluding hydrogens is 1860 g/mol. The van der Waals surface area contributed by atoms with E-state index >= 15 is 0 Å². The highest BCUT2D eigenvalue weighted by atomic mass is 16.6. The van der Waals surface area contributed by atoms with Gasteiger partial charge in [0.05, 0.1) is 104 Å². The largest absolute Gasteiger partial charge is 0.491 e. The van der Waals surface area contributed by atoms with Gasteiger partial charge in [-0.05, 0) is 173 Å². The average molecular weight is 2000 g/mol. The van der Waals surface area contributed by atoms with Crippen molar-refractivity contribution in [2.75, 3.05) is 108 Å². The van der Waals surface area contributed by atoms with Gasteiger partial charge in [0.25, 0.3) is 0 Å². The Morgan fingerprint density at radius 3 is 0.965 bits per heavy atom. The maximum atomic E-state index is 11.9. The summed E-state index contributed by atoms with van der Waals surface area (Å²) >= 11 is 0. The first-order valence-corrected chi connectivity index (χ1v) is 47.5. The number of fused-ring (bicyclic) bond motifs is 3. The second kappa shape index (κ2) is 61.3. The van der Waals surface area contributed by atoms with Crippen LogP contribution in [0.2, 0.25) is 0 Å². The number of aliphatic hydroxyl groups is 8. The average Bonchev–Trinajstić information content (AvgIpc) is 0.778. The molecule has 10 rings (SSSR count). The van der Waals surface area contributed by atoms with E-state index in [1.807, 2.05) is 177 Å². The van der Waals surface area contributed by atoms with Gasteiger partial charge in [-0.15, -0.1) is 13.2 Å². The van der Waals surface area contributed by atoms with Gasteiger partial charge in [0, 0.05) is 33.8 Å². The van der Waals surface area contributed by atoms with Crippen molar-refractivity contribution in [2.45, 2.75) is 192 Å². The Bertz CT molecular complexity index is 5730. The van der Waals surface area contributed by atoms with Crippen molar-refractivity contribution in [3.63, 3.8) is 0 Å². The Labute approximate surface area is 840 Å². The highest BCUT2D eigenvalue weighted by Gasteiger charge is 2.29. The maximum Gasteiger partial charge on any atom is 0.306 e. The summed E-state index contributed by atoms with van der Waals surface area (Å²) in [5.74, 6) is 0.726. The van der Waals surface area contributed by atoms with Crippen LogP contribution in [0, 0.1) is 0 Å². The molecule has 8 N–H and O–H groups in total. The van der Waals surface area contributed by atoms with Crippen LogP contribution < -0.4 is 37.9 Å². The number of esters is 8. The number of ether oxygens (including phenoxy) is 16. The van der Waals surface area contributed by atoms with Gasteiger partial charge in [0.15, 0.2) is 0 Å². The number of benzene rings is 10. The Morgan fingerprint density at radius 2 is 0.590 bits per heavy atom. The molecule has 0 radical (unpaired) electrons. The number of carbonyl (C=O) groups excluding carboxylic acids is 8. The minimum absolute atomic E-state index is 0.0407. The minimum Gasteiger partial charge on any atom is -0.491 e. The first-order valence-electron chi connectivity index (χ1n) is 47.5. The van der Waals surface area contributed by atoms with E-state index in [0.29, 0.717) is 65.9 Å². The second-order valence-electron chi connectivity index (χ2n) is 35.0. The van der Waals surface area contributed by atoms with Crippen LogP contribution in [0.5, 0.6) is 46.0 Å². The molecule has 0 heterocycles. The molecule has 32 nitrogen and oxygen atoms in total. The van der Waals surface area contributed by atoms with E-state index in [1.54, 1.807) is 39.0 Å². The van der Waals surface area contributed by atoms with Gasteiger partial charge in [-0.25, -0.2) is 0 Å². The van der Waals surface area contributed by atoms with Gasteiger partial charge in [-0.1, -0.05) is 168 Å². The van der Waals surface area contributed by atoms with E-state index in [1.165, 1.54) is 28.4 Å². The van der Waals surface area contributed by atoms with Crippen molar-refractivity contribution in [1.82, 2.24) is 0 Å². The van der Waals surface area contributed by atoms with Crippen molar-refractivity contribution in [1.29, 1.82) is 0 Å². The predicted molar refractivity (Wildman–Crippen MR) is 541 cm³/mol. The standard InChI is InChI=1S/C33H36O8.C32H42O8.C26H34O8.C21H26O8/c1-3-24(34)19-39-30-14-12-22-8-4-6-10-26(22)28(30)18-29-27-11-7-5-9-23(27)13-15-31(29)40-20-25(35)21-41-33(37)17-16-32(36)38-2;1-7-9-23-17-25(11-13-28(23)38-19-22(3)33)32(4,5)26-12-14-29(24(18-26)10-8-2)39-20-27(34)21-40-31(36)16-15-30(35)37-6;1-18(27)15-32-22-9-5-19(6-10-22)26(2,3)20-7-11-23(12-8-20)33-16-21(28)17-34-25(30)14-13-24(29)31-4;1-14(22)11-27-17-6-7-18-15(10-17)4-3-5-19(18)28-12-16(23)13-29-21(25)9-8-20(24)26-2/h4-15,24-25,34-35H,3,16-21H2,1-2H3;7-8,11-14,17-18,22,27,33-34H,1-2,9-10,15-16,19-21H2,3-6H3;5-12,18,21,27-28H,13-17H2,1-4H3;3-7,10,14,16,22-23H,8-9,11-13H2,1-2H3. The molecule has 8 atom stereocenters. The summed E-state index contributed by atoms with van der Waals surface area (Å²) < 4.78 is 84.1. The Balaban J connectivity index is 0.000000263. The lowest BCUT2D eigenvalue weighted by atomic mass is 9.76. The Morgan fingerprint density at radius 1 is 0.292 bits per heavy atom. The van der Waals surface area contributed by atoms with Crippen molar-refractivity contribution in [3.8, 4) is 46.0 Å². The molecule has 778 valence electrons. The van der Waals surface area contributed by atoms with Crippen molar-refractivity contribution in [3.05, 3.63) is 264 Å². The van der Waals surface area contributed by atoms with Crippen LogP contribution >= 0.6 is 0 Å². The summed E-state index contributed by atoms with van der Waals surface area (Å²) in [7, 11) is 4.99. The number of hydrogen-bond donors (Lipinski definition) is 8. The summed E-state index contributed by atoms with van der Waals surface area (Å²) in [6.45, 7) is 22.8. The van der Waals surface area contributed by atoms with Gasteiger partial charge >= 0.3 is 47.8 Å². The number of allylic oxidation sites excluding steroid dienone is 2. The summed E-state index contributed by atoms with van der Waals surface area (Å²) in [5.41, 5.74) is 7.52. The zero-order valence-corrected chi connectivity index (χ0v) is 84.0. The molecule has 0 amide bonds. The molecule has 0 aliphatic carbocycles. The minimum atomic E-state index is -1.07. The SMILES string of the molecule is C=CCc1cc(C(C)(C)c2ccc(OCC(O)COC(=O)CCC(=O)OC)c(CC=C)c2)ccc1OCC(C)O.CCC(O)COc1ccc2ccccc2c1Cc1c(OCC(O)COC(=O)CCC(=O)OC)ccc2ccccc12.COC(=O)CCC(=O)OCC(O)COc1ccc(C(C)(C)c2ccc(OCC(C)O)cc2)cc1.COC(=O)CCC(=O)OCC(O)COc1cccc2cc(OCC(C)O)ccc12. The molecule has 10 aromatic rings. The van der Waals surface area contributed by atoms with Crippen LogP contribution in [0.4, 0.5) is 0 Å². The number of rotatable bonds is 55. The van der Waals surface area contributed by atoms with Crippen LogP contribution in [0.15, 0.2) is 219 Å². The Kier molecular flexibility index (Phi) is 49.9. The summed E-state index contributed by atoms with van der Waals surface area (Å²) in [6.07, 6.45) is -1.19. The van der Waals surface area contributed by atoms with Crippen LogP contribution in [-0.4, -0.2) is 245 Å². The predicted octanol–water partition coefficient (Wildman–Crippen LogP) is 14.3. The number of aliphatic hydroxyl groups excluding tert-OH is 8. The van der Waals surface area contributed by atoms with E-state index < -0.39 is 96.6 Å². The molecule has 0 saturated carbocycles. The molecule has 0 aliphatic rings. The molecule has 0 aliphatic heterocycles. The lowest BCUT2D eigenvalue weighted by Gasteiger charge is -2.28. The van der Waals surface area contributed by atoms with Gasteiger partial charge in [0.2, 0.25) is 0 Å². The van der Waals surface area contributed by atoms with Gasteiger partial charge in [-0.3, -0.25) is 38.4 Å². The maximum absolute atomic E-state index is 11.9. The highest BCUT2D eigenvalue weighted by molar-refractivity contribution is 5.92. The van der Waals surface area contributed by atoms with Crippen molar-refractivity contribution in [2.24, 2.45) is 0 Å². The topological polar surface area (TPSA) is 446 Å². The van der Waals surface area contributed by atoms with Crippen LogP contribution in [0.25, 0.3) is 32.3 Å². The van der Waals surface area contributed by atoms with E-state index in [-0.39, 0.29) is 141 Å². The lowest BCUT2D eigenvalue weighted by molar-refractivity contribution is -0.151. The third kappa shape index (κ3) is 40.2. The molecule has 0 bridgehead atoms. The molecule has 0 spiro atoms. The first-order chi connectivity index (χ1) is 68.9. The van der Waals surface area contributed by atoms with Crippen molar-refractivity contribution < 1.29 is 155 Å². The molecule has 0 fully saturated rings. The monoisotopic (exact) mass is 1990 g/mol. The van der Waals surface area contributed by atoms with Gasteiger partial charge in [-0.2, -0.15) is 0 Å². The smallest absolute Gasteiger partial charge is 0.306 e. The molecular formula is C112H138O32. The van der Waals surface area contributed by atoms with E-state index in [9.17, 15) is 79.2 Å². The van der Waals surface area contributed by atoms with Crippen LogP contribution in [0.1, 0.15) is 158 Å². The Hall–Kier alpha value is -13.7. The summed E-state index contributed by atoms with van der Waals surface area (Å²) in [6, 6.07) is 62.2. The molecule has 0 aromatic heterocycles. The fourth-order valence-corrected chi connectivity index (χ4v) is 14.2.